The lowest BCUT2D eigenvalue weighted by Crippen LogP contribution is -2.23. The summed E-state index contributed by atoms with van der Waals surface area (Å²) in [5.41, 5.74) is 3.49. The van der Waals surface area contributed by atoms with E-state index in [0.717, 1.165) is 16.7 Å². The smallest absolute Gasteiger partial charge is 0.251 e. The molecule has 0 atom stereocenters. The van der Waals surface area contributed by atoms with Gasteiger partial charge in [0.2, 0.25) is 0 Å². The molecule has 0 aliphatic heterocycles. The summed E-state index contributed by atoms with van der Waals surface area (Å²) >= 11 is 0. The fourth-order valence-electron chi connectivity index (χ4n) is 3.60. The van der Waals surface area contributed by atoms with Crippen LogP contribution in [0.4, 0.5) is 0 Å². The van der Waals surface area contributed by atoms with Crippen LogP contribution in [0.15, 0.2) is 48.9 Å². The van der Waals surface area contributed by atoms with Gasteiger partial charge in [0.05, 0.1) is 29.6 Å². The molecular formula is C20H22N4O. The summed E-state index contributed by atoms with van der Waals surface area (Å²) in [6.07, 6.45) is 10.0. The summed E-state index contributed by atoms with van der Waals surface area (Å²) in [6.45, 7) is 0.425. The maximum Gasteiger partial charge on any atom is 0.251 e. The van der Waals surface area contributed by atoms with Gasteiger partial charge in [-0.15, -0.1) is 0 Å². The number of carbonyl (C=O) groups is 1. The number of hydrogen-bond donors (Lipinski definition) is 1. The van der Waals surface area contributed by atoms with E-state index in [-0.39, 0.29) is 5.91 Å². The van der Waals surface area contributed by atoms with Crippen LogP contribution >= 0.6 is 0 Å². The Balaban J connectivity index is 1.50. The number of rotatable bonds is 4. The Morgan fingerprint density at radius 2 is 2.00 bits per heavy atom. The minimum Gasteiger partial charge on any atom is -0.346 e. The van der Waals surface area contributed by atoms with Crippen molar-refractivity contribution in [3.63, 3.8) is 0 Å². The van der Waals surface area contributed by atoms with Gasteiger partial charge in [-0.3, -0.25) is 9.78 Å². The van der Waals surface area contributed by atoms with E-state index in [1.807, 2.05) is 42.7 Å². The second kappa shape index (κ2) is 7.05. The average Bonchev–Trinajstić information content (AvgIpc) is 3.11. The molecule has 25 heavy (non-hydrogen) atoms. The minimum absolute atomic E-state index is 0.0974. The van der Waals surface area contributed by atoms with Crippen LogP contribution in [-0.4, -0.2) is 20.4 Å². The minimum atomic E-state index is -0.0974. The third-order valence-corrected chi connectivity index (χ3v) is 4.96. The first-order valence-electron chi connectivity index (χ1n) is 8.96. The van der Waals surface area contributed by atoms with Crippen LogP contribution in [-0.2, 0) is 6.54 Å². The van der Waals surface area contributed by atoms with E-state index >= 15 is 0 Å². The highest BCUT2D eigenvalue weighted by Gasteiger charge is 2.18. The predicted octanol–water partition coefficient (Wildman–Crippen LogP) is 3.87. The lowest BCUT2D eigenvalue weighted by Gasteiger charge is -2.23. The molecule has 1 aliphatic carbocycles. The third-order valence-electron chi connectivity index (χ3n) is 4.96. The van der Waals surface area contributed by atoms with Gasteiger partial charge < -0.3 is 9.88 Å². The fraction of sp³-hybridized carbons (Fsp3) is 0.350. The zero-order valence-corrected chi connectivity index (χ0v) is 14.2. The number of amides is 1. The van der Waals surface area contributed by atoms with Gasteiger partial charge in [0, 0.05) is 17.8 Å². The highest BCUT2D eigenvalue weighted by atomic mass is 16.1. The molecule has 0 saturated heterocycles. The molecule has 1 amide bonds. The number of imidazole rings is 1. The number of aromatic nitrogens is 3. The molecule has 0 bridgehead atoms. The van der Waals surface area contributed by atoms with Crippen molar-refractivity contribution in [1.29, 1.82) is 0 Å². The summed E-state index contributed by atoms with van der Waals surface area (Å²) in [4.78, 5) is 21.1. The molecule has 1 N–H and O–H groups in total. The van der Waals surface area contributed by atoms with Crippen molar-refractivity contribution in [2.24, 2.45) is 0 Å². The van der Waals surface area contributed by atoms with Crippen molar-refractivity contribution in [1.82, 2.24) is 19.9 Å². The van der Waals surface area contributed by atoms with Crippen molar-refractivity contribution < 1.29 is 4.79 Å². The fourth-order valence-corrected chi connectivity index (χ4v) is 3.60. The Kier molecular flexibility index (Phi) is 4.46. The molecule has 3 aromatic rings. The normalized spacial score (nSPS) is 15.4. The average molecular weight is 334 g/mol. The van der Waals surface area contributed by atoms with Crippen LogP contribution in [0.25, 0.3) is 11.0 Å². The summed E-state index contributed by atoms with van der Waals surface area (Å²) in [6, 6.07) is 12.0. The van der Waals surface area contributed by atoms with Gasteiger partial charge in [-0.25, -0.2) is 4.98 Å². The van der Waals surface area contributed by atoms with Crippen molar-refractivity contribution in [3.05, 3.63) is 60.2 Å². The SMILES string of the molecule is O=C(NCc1ccccn1)c1ccc2c(c1)ncn2C1CCCCC1. The van der Waals surface area contributed by atoms with Gasteiger partial charge in [0.1, 0.15) is 0 Å². The Labute approximate surface area is 147 Å². The van der Waals surface area contributed by atoms with Gasteiger partial charge in [-0.1, -0.05) is 25.3 Å². The van der Waals surface area contributed by atoms with Gasteiger partial charge in [-0.2, -0.15) is 0 Å². The summed E-state index contributed by atoms with van der Waals surface area (Å²) < 4.78 is 2.28. The Morgan fingerprint density at radius 3 is 2.80 bits per heavy atom. The second-order valence-electron chi connectivity index (χ2n) is 6.65. The van der Waals surface area contributed by atoms with Crippen LogP contribution in [0.1, 0.15) is 54.2 Å². The molecule has 1 fully saturated rings. The van der Waals surface area contributed by atoms with Gasteiger partial charge in [0.15, 0.2) is 0 Å². The highest BCUT2D eigenvalue weighted by Crippen LogP contribution is 2.30. The van der Waals surface area contributed by atoms with E-state index in [1.165, 1.54) is 32.1 Å². The van der Waals surface area contributed by atoms with Crippen molar-refractivity contribution in [2.45, 2.75) is 44.7 Å². The summed E-state index contributed by atoms with van der Waals surface area (Å²) in [5, 5.41) is 2.91. The first-order valence-corrected chi connectivity index (χ1v) is 8.96. The molecule has 1 aliphatic rings. The molecule has 2 aromatic heterocycles. The van der Waals surface area contributed by atoms with Crippen molar-refractivity contribution in [3.8, 4) is 0 Å². The quantitative estimate of drug-likeness (QED) is 0.788. The zero-order valence-electron chi connectivity index (χ0n) is 14.2. The molecule has 128 valence electrons. The van der Waals surface area contributed by atoms with Gasteiger partial charge in [-0.05, 0) is 43.2 Å². The highest BCUT2D eigenvalue weighted by molar-refractivity contribution is 5.97. The molecule has 0 radical (unpaired) electrons. The zero-order chi connectivity index (χ0) is 17.1. The van der Waals surface area contributed by atoms with Gasteiger partial charge in [0.25, 0.3) is 5.91 Å². The predicted molar refractivity (Wildman–Crippen MR) is 97.3 cm³/mol. The number of nitrogens with one attached hydrogen (secondary N) is 1. The van der Waals surface area contributed by atoms with Crippen LogP contribution in [0, 0.1) is 0 Å². The first-order chi connectivity index (χ1) is 12.3. The lowest BCUT2D eigenvalue weighted by atomic mass is 9.95. The van der Waals surface area contributed by atoms with Gasteiger partial charge >= 0.3 is 0 Å². The monoisotopic (exact) mass is 334 g/mol. The van der Waals surface area contributed by atoms with Crippen LogP contribution in [0.2, 0.25) is 0 Å². The standard InChI is InChI=1S/C20H22N4O/c25-20(22-13-16-6-4-5-11-21-16)15-9-10-19-18(12-15)23-14-24(19)17-7-2-1-3-8-17/h4-6,9-12,14,17H,1-3,7-8,13H2,(H,22,25). The topological polar surface area (TPSA) is 59.8 Å². The molecular weight excluding hydrogens is 312 g/mol. The molecule has 4 rings (SSSR count). The number of nitrogens with zero attached hydrogens (tertiary/aromatic N) is 3. The Bertz CT molecular complexity index is 866. The van der Waals surface area contributed by atoms with Crippen molar-refractivity contribution in [2.75, 3.05) is 0 Å². The van der Waals surface area contributed by atoms with E-state index in [0.29, 0.717) is 18.2 Å². The number of benzene rings is 1. The Morgan fingerprint density at radius 1 is 1.12 bits per heavy atom. The van der Waals surface area contributed by atoms with Crippen molar-refractivity contribution >= 4 is 16.9 Å². The number of pyridine rings is 1. The van der Waals surface area contributed by atoms with E-state index < -0.39 is 0 Å². The molecule has 1 aromatic carbocycles. The molecule has 5 heteroatoms. The maximum absolute atomic E-state index is 12.4. The first kappa shape index (κ1) is 15.8. The van der Waals surface area contributed by atoms with E-state index in [4.69, 9.17) is 0 Å². The molecule has 1 saturated carbocycles. The van der Waals surface area contributed by atoms with Crippen LogP contribution in [0.5, 0.6) is 0 Å². The molecule has 2 heterocycles. The van der Waals surface area contributed by atoms with Crippen LogP contribution < -0.4 is 5.32 Å². The summed E-state index contributed by atoms with van der Waals surface area (Å²) in [5.74, 6) is -0.0974. The molecule has 0 spiro atoms. The molecule has 5 nitrogen and oxygen atoms in total. The number of hydrogen-bond acceptors (Lipinski definition) is 3. The van der Waals surface area contributed by atoms with E-state index in [9.17, 15) is 4.79 Å². The van der Waals surface area contributed by atoms with E-state index in [1.54, 1.807) is 6.20 Å². The largest absolute Gasteiger partial charge is 0.346 e. The van der Waals surface area contributed by atoms with E-state index in [2.05, 4.69) is 19.9 Å². The number of carbonyl (C=O) groups excluding carboxylic acids is 1. The Hall–Kier alpha value is -2.69. The number of fused-ring (bicyclic) bond motifs is 1. The maximum atomic E-state index is 12.4. The van der Waals surface area contributed by atoms with Crippen LogP contribution in [0.3, 0.4) is 0 Å². The second-order valence-corrected chi connectivity index (χ2v) is 6.65. The summed E-state index contributed by atoms with van der Waals surface area (Å²) in [7, 11) is 0. The third kappa shape index (κ3) is 3.40. The molecule has 0 unspecified atom stereocenters. The lowest BCUT2D eigenvalue weighted by molar-refractivity contribution is 0.0950.